The summed E-state index contributed by atoms with van der Waals surface area (Å²) in [5.74, 6) is -0.0461. The van der Waals surface area contributed by atoms with Gasteiger partial charge in [0.1, 0.15) is 23.7 Å². The van der Waals surface area contributed by atoms with Crippen LogP contribution >= 0.6 is 0 Å². The molecule has 0 saturated carbocycles. The monoisotopic (exact) mass is 452 g/mol. The van der Waals surface area contributed by atoms with Crippen LogP contribution in [-0.2, 0) is 16.6 Å². The van der Waals surface area contributed by atoms with E-state index in [1.165, 1.54) is 28.7 Å². The molecule has 1 spiro atoms. The first kappa shape index (κ1) is 20.2. The normalized spacial score (nSPS) is 18.9. The average molecular weight is 452 g/mol. The second kappa shape index (κ2) is 7.16. The van der Waals surface area contributed by atoms with Gasteiger partial charge in [-0.25, -0.2) is 36.2 Å². The maximum absolute atomic E-state index is 13.5. The van der Waals surface area contributed by atoms with Crippen LogP contribution in [0.1, 0.15) is 6.42 Å². The van der Waals surface area contributed by atoms with Gasteiger partial charge < -0.3 is 4.90 Å². The summed E-state index contributed by atoms with van der Waals surface area (Å²) in [5.41, 5.74) is 0.511. The van der Waals surface area contributed by atoms with Crippen molar-refractivity contribution in [3.8, 4) is 0 Å². The van der Waals surface area contributed by atoms with E-state index < -0.39 is 28.8 Å². The molecule has 0 aliphatic carbocycles. The van der Waals surface area contributed by atoms with E-state index in [1.54, 1.807) is 6.20 Å². The molecular formula is C19H19F3N6O2S. The highest BCUT2D eigenvalue weighted by molar-refractivity contribution is 7.89. The zero-order valence-corrected chi connectivity index (χ0v) is 17.1. The highest BCUT2D eigenvalue weighted by Gasteiger charge is 2.52. The predicted octanol–water partition coefficient (Wildman–Crippen LogP) is 2.13. The van der Waals surface area contributed by atoms with E-state index in [-0.39, 0.29) is 10.3 Å². The van der Waals surface area contributed by atoms with Crippen LogP contribution in [0.25, 0.3) is 11.2 Å². The van der Waals surface area contributed by atoms with Gasteiger partial charge in [-0.1, -0.05) is 6.07 Å². The molecule has 2 aromatic heterocycles. The molecule has 2 fully saturated rings. The molecule has 0 N–H and O–H groups in total. The molecule has 2 aliphatic heterocycles. The number of fused-ring (bicyclic) bond motifs is 1. The molecule has 164 valence electrons. The van der Waals surface area contributed by atoms with Crippen molar-refractivity contribution in [1.29, 1.82) is 0 Å². The summed E-state index contributed by atoms with van der Waals surface area (Å²) in [7, 11) is -3.74. The number of halogens is 3. The lowest BCUT2D eigenvalue weighted by molar-refractivity contribution is 0.0935. The largest absolute Gasteiger partial charge is 0.355 e. The van der Waals surface area contributed by atoms with Crippen LogP contribution in [0.15, 0.2) is 41.6 Å². The van der Waals surface area contributed by atoms with Crippen molar-refractivity contribution in [2.75, 3.05) is 31.1 Å². The van der Waals surface area contributed by atoms with E-state index in [0.29, 0.717) is 43.2 Å². The SMILES string of the molecule is O=S(=O)(c1cccc(F)c1)N1CC2(CCN(c3cnc4cnn(CC(F)F)c4n3)C2)C1. The second-order valence-corrected chi connectivity index (χ2v) is 9.99. The first-order valence-electron chi connectivity index (χ1n) is 9.73. The Hall–Kier alpha value is -2.73. The fourth-order valence-electron chi connectivity index (χ4n) is 4.29. The van der Waals surface area contributed by atoms with Gasteiger partial charge in [0.15, 0.2) is 5.65 Å². The number of rotatable bonds is 5. The van der Waals surface area contributed by atoms with E-state index in [1.807, 2.05) is 4.90 Å². The summed E-state index contributed by atoms with van der Waals surface area (Å²) < 4.78 is 67.0. The molecule has 8 nitrogen and oxygen atoms in total. The molecule has 0 bridgehead atoms. The molecule has 2 saturated heterocycles. The Bertz CT molecular complexity index is 1240. The van der Waals surface area contributed by atoms with Gasteiger partial charge in [-0.05, 0) is 24.6 Å². The minimum atomic E-state index is -3.74. The van der Waals surface area contributed by atoms with Crippen molar-refractivity contribution in [1.82, 2.24) is 24.1 Å². The van der Waals surface area contributed by atoms with Crippen LogP contribution in [0.5, 0.6) is 0 Å². The second-order valence-electron chi connectivity index (χ2n) is 8.06. The maximum Gasteiger partial charge on any atom is 0.258 e. The molecule has 31 heavy (non-hydrogen) atoms. The van der Waals surface area contributed by atoms with Gasteiger partial charge >= 0.3 is 0 Å². The van der Waals surface area contributed by atoms with Gasteiger partial charge in [-0.2, -0.15) is 9.40 Å². The quantitative estimate of drug-likeness (QED) is 0.590. The van der Waals surface area contributed by atoms with E-state index in [2.05, 4.69) is 15.1 Å². The number of alkyl halides is 2. The number of aromatic nitrogens is 4. The van der Waals surface area contributed by atoms with Crippen molar-refractivity contribution in [3.63, 3.8) is 0 Å². The zero-order chi connectivity index (χ0) is 21.8. The highest BCUT2D eigenvalue weighted by atomic mass is 32.2. The topological polar surface area (TPSA) is 84.2 Å². The number of nitrogens with zero attached hydrogens (tertiary/aromatic N) is 6. The summed E-state index contributed by atoms with van der Waals surface area (Å²) in [5, 5.41) is 3.92. The van der Waals surface area contributed by atoms with E-state index in [9.17, 15) is 21.6 Å². The lowest BCUT2D eigenvalue weighted by atomic mass is 9.81. The Morgan fingerprint density at radius 2 is 1.97 bits per heavy atom. The first-order chi connectivity index (χ1) is 14.8. The molecule has 3 aromatic rings. The third-order valence-corrected chi connectivity index (χ3v) is 7.65. The van der Waals surface area contributed by atoms with Gasteiger partial charge in [-0.3, -0.25) is 0 Å². The van der Waals surface area contributed by atoms with Crippen LogP contribution in [-0.4, -0.2) is 65.1 Å². The Morgan fingerprint density at radius 3 is 2.71 bits per heavy atom. The van der Waals surface area contributed by atoms with Gasteiger partial charge in [0.2, 0.25) is 10.0 Å². The van der Waals surface area contributed by atoms with Gasteiger partial charge in [0.05, 0.1) is 17.3 Å². The number of benzene rings is 1. The molecule has 12 heteroatoms. The molecule has 0 atom stereocenters. The summed E-state index contributed by atoms with van der Waals surface area (Å²) >= 11 is 0. The first-order valence-corrected chi connectivity index (χ1v) is 11.2. The van der Waals surface area contributed by atoms with E-state index in [0.717, 1.165) is 17.2 Å². The molecule has 0 unspecified atom stereocenters. The van der Waals surface area contributed by atoms with Crippen molar-refractivity contribution in [2.45, 2.75) is 24.3 Å². The van der Waals surface area contributed by atoms with Crippen molar-refractivity contribution in [3.05, 3.63) is 42.5 Å². The molecular weight excluding hydrogens is 433 g/mol. The smallest absolute Gasteiger partial charge is 0.258 e. The Morgan fingerprint density at radius 1 is 1.16 bits per heavy atom. The molecule has 5 rings (SSSR count). The fraction of sp³-hybridized carbons (Fsp3) is 0.421. The highest BCUT2D eigenvalue weighted by Crippen LogP contribution is 2.43. The molecule has 2 aliphatic rings. The molecule has 0 radical (unpaired) electrons. The van der Waals surface area contributed by atoms with Crippen LogP contribution < -0.4 is 4.90 Å². The Labute approximate surface area is 176 Å². The van der Waals surface area contributed by atoms with Crippen molar-refractivity contribution in [2.24, 2.45) is 5.41 Å². The Kier molecular flexibility index (Phi) is 4.66. The maximum atomic E-state index is 13.5. The lowest BCUT2D eigenvalue weighted by Crippen LogP contribution is -2.59. The van der Waals surface area contributed by atoms with Gasteiger partial charge in [-0.15, -0.1) is 0 Å². The number of hydrogen-bond donors (Lipinski definition) is 0. The van der Waals surface area contributed by atoms with Gasteiger partial charge in [0.25, 0.3) is 6.43 Å². The molecule has 1 aromatic carbocycles. The van der Waals surface area contributed by atoms with Crippen LogP contribution in [0.3, 0.4) is 0 Å². The van der Waals surface area contributed by atoms with Crippen LogP contribution in [0.4, 0.5) is 19.0 Å². The summed E-state index contributed by atoms with van der Waals surface area (Å²) in [6, 6.07) is 4.99. The number of anilines is 1. The van der Waals surface area contributed by atoms with E-state index >= 15 is 0 Å². The fourth-order valence-corrected chi connectivity index (χ4v) is 5.99. The lowest BCUT2D eigenvalue weighted by Gasteiger charge is -2.46. The van der Waals surface area contributed by atoms with E-state index in [4.69, 9.17) is 0 Å². The molecule has 4 heterocycles. The number of hydrogen-bond acceptors (Lipinski definition) is 6. The van der Waals surface area contributed by atoms with Crippen LogP contribution in [0, 0.1) is 11.2 Å². The molecule has 0 amide bonds. The minimum Gasteiger partial charge on any atom is -0.355 e. The number of sulfonamides is 1. The van der Waals surface area contributed by atoms with Crippen LogP contribution in [0.2, 0.25) is 0 Å². The predicted molar refractivity (Wildman–Crippen MR) is 106 cm³/mol. The summed E-state index contributed by atoms with van der Waals surface area (Å²) in [4.78, 5) is 10.7. The van der Waals surface area contributed by atoms with Gasteiger partial charge in [0, 0.05) is 31.6 Å². The third kappa shape index (κ3) is 3.53. The summed E-state index contributed by atoms with van der Waals surface area (Å²) in [6.07, 6.45) is 1.19. The average Bonchev–Trinajstić information content (AvgIpc) is 3.31. The summed E-state index contributed by atoms with van der Waals surface area (Å²) in [6.45, 7) is 1.34. The Balaban J connectivity index is 1.31. The zero-order valence-electron chi connectivity index (χ0n) is 16.3. The van der Waals surface area contributed by atoms with Crippen molar-refractivity contribution >= 4 is 27.0 Å². The third-order valence-electron chi connectivity index (χ3n) is 5.86. The van der Waals surface area contributed by atoms with Crippen molar-refractivity contribution < 1.29 is 21.6 Å². The standard InChI is InChI=1S/C19H19F3N6O2S/c20-13-2-1-3-14(6-13)31(29,30)27-11-19(12-27)4-5-26(10-19)17-8-23-15-7-24-28(9-16(21)22)18(15)25-17/h1-3,6-8,16H,4-5,9-12H2. The minimum absolute atomic E-state index is 0.0548.